The number of aromatic nitrogens is 1. The van der Waals surface area contributed by atoms with Gasteiger partial charge in [-0.25, -0.2) is 0 Å². The zero-order chi connectivity index (χ0) is 8.77. The Labute approximate surface area is 76.7 Å². The van der Waals surface area contributed by atoms with Gasteiger partial charge in [0.15, 0.2) is 0 Å². The standard InChI is InChI=1S/C9H11ClN2/c1-6-4-12-5-7(10)8(6)9(11)2-3-9/h4-5H,2-3,11H2,1H3. The van der Waals surface area contributed by atoms with Gasteiger partial charge in [0.25, 0.3) is 0 Å². The van der Waals surface area contributed by atoms with Gasteiger partial charge in [0.05, 0.1) is 5.02 Å². The van der Waals surface area contributed by atoms with E-state index in [0.717, 1.165) is 24.0 Å². The lowest BCUT2D eigenvalue weighted by Crippen LogP contribution is -2.20. The Kier molecular flexibility index (Phi) is 1.63. The number of pyridine rings is 1. The summed E-state index contributed by atoms with van der Waals surface area (Å²) in [5.74, 6) is 0. The highest BCUT2D eigenvalue weighted by Crippen LogP contribution is 2.46. The molecule has 0 bridgehead atoms. The summed E-state index contributed by atoms with van der Waals surface area (Å²) in [7, 11) is 0. The average Bonchev–Trinajstić information content (AvgIpc) is 2.68. The summed E-state index contributed by atoms with van der Waals surface area (Å²) >= 11 is 6.01. The van der Waals surface area contributed by atoms with Crippen molar-refractivity contribution in [3.63, 3.8) is 0 Å². The van der Waals surface area contributed by atoms with Gasteiger partial charge in [0.2, 0.25) is 0 Å². The van der Waals surface area contributed by atoms with Crippen molar-refractivity contribution in [2.45, 2.75) is 25.3 Å². The SMILES string of the molecule is Cc1cncc(Cl)c1C1(N)CC1. The Morgan fingerprint density at radius 1 is 1.50 bits per heavy atom. The third-order valence-corrected chi connectivity index (χ3v) is 2.66. The van der Waals surface area contributed by atoms with Gasteiger partial charge in [-0.1, -0.05) is 11.6 Å². The lowest BCUT2D eigenvalue weighted by molar-refractivity contribution is 0.731. The summed E-state index contributed by atoms with van der Waals surface area (Å²) < 4.78 is 0. The molecule has 0 atom stereocenters. The van der Waals surface area contributed by atoms with Crippen LogP contribution in [-0.2, 0) is 5.54 Å². The molecule has 2 rings (SSSR count). The maximum absolute atomic E-state index is 6.06. The van der Waals surface area contributed by atoms with Crippen LogP contribution in [0.2, 0.25) is 5.02 Å². The quantitative estimate of drug-likeness (QED) is 0.722. The Morgan fingerprint density at radius 3 is 2.67 bits per heavy atom. The summed E-state index contributed by atoms with van der Waals surface area (Å²) in [5.41, 5.74) is 8.09. The van der Waals surface area contributed by atoms with Gasteiger partial charge in [0.1, 0.15) is 0 Å². The fraction of sp³-hybridized carbons (Fsp3) is 0.444. The highest BCUT2D eigenvalue weighted by molar-refractivity contribution is 6.31. The van der Waals surface area contributed by atoms with Gasteiger partial charge >= 0.3 is 0 Å². The molecule has 1 aliphatic carbocycles. The van der Waals surface area contributed by atoms with E-state index in [9.17, 15) is 0 Å². The Morgan fingerprint density at radius 2 is 2.17 bits per heavy atom. The molecular formula is C9H11ClN2. The summed E-state index contributed by atoms with van der Waals surface area (Å²) in [6.45, 7) is 2.00. The van der Waals surface area contributed by atoms with Crippen molar-refractivity contribution in [2.24, 2.45) is 5.73 Å². The van der Waals surface area contributed by atoms with Crippen molar-refractivity contribution in [1.29, 1.82) is 0 Å². The molecule has 1 fully saturated rings. The van der Waals surface area contributed by atoms with Gasteiger partial charge in [-0.05, 0) is 30.9 Å². The minimum absolute atomic E-state index is 0.149. The molecule has 2 N–H and O–H groups in total. The highest BCUT2D eigenvalue weighted by atomic mass is 35.5. The van der Waals surface area contributed by atoms with Crippen molar-refractivity contribution in [1.82, 2.24) is 4.98 Å². The largest absolute Gasteiger partial charge is 0.321 e. The first-order valence-electron chi connectivity index (χ1n) is 4.03. The minimum atomic E-state index is -0.149. The lowest BCUT2D eigenvalue weighted by atomic mass is 10.0. The summed E-state index contributed by atoms with van der Waals surface area (Å²) in [4.78, 5) is 4.00. The van der Waals surface area contributed by atoms with Gasteiger partial charge in [0, 0.05) is 17.9 Å². The molecular weight excluding hydrogens is 172 g/mol. The lowest BCUT2D eigenvalue weighted by Gasteiger charge is -2.13. The van der Waals surface area contributed by atoms with E-state index in [1.807, 2.05) is 13.1 Å². The summed E-state index contributed by atoms with van der Waals surface area (Å²) in [5, 5.41) is 0.704. The van der Waals surface area contributed by atoms with Crippen molar-refractivity contribution in [3.8, 4) is 0 Å². The van der Waals surface area contributed by atoms with Crippen molar-refractivity contribution >= 4 is 11.6 Å². The topological polar surface area (TPSA) is 38.9 Å². The molecule has 3 heteroatoms. The molecule has 1 aromatic rings. The summed E-state index contributed by atoms with van der Waals surface area (Å²) in [6, 6.07) is 0. The molecule has 0 aliphatic heterocycles. The highest BCUT2D eigenvalue weighted by Gasteiger charge is 2.42. The molecule has 0 saturated heterocycles. The Hall–Kier alpha value is -0.600. The number of hydrogen-bond acceptors (Lipinski definition) is 2. The Bertz CT molecular complexity index is 298. The zero-order valence-corrected chi connectivity index (χ0v) is 7.73. The van der Waals surface area contributed by atoms with Crippen molar-refractivity contribution < 1.29 is 0 Å². The first kappa shape index (κ1) is 8.02. The van der Waals surface area contributed by atoms with E-state index in [4.69, 9.17) is 17.3 Å². The smallest absolute Gasteiger partial charge is 0.0642 e. The van der Waals surface area contributed by atoms with Crippen LogP contribution in [-0.4, -0.2) is 4.98 Å². The van der Waals surface area contributed by atoms with Gasteiger partial charge < -0.3 is 5.73 Å². The molecule has 0 amide bonds. The van der Waals surface area contributed by atoms with Crippen LogP contribution in [0.4, 0.5) is 0 Å². The maximum atomic E-state index is 6.06. The van der Waals surface area contributed by atoms with Crippen LogP contribution in [0, 0.1) is 6.92 Å². The van der Waals surface area contributed by atoms with Crippen molar-refractivity contribution in [3.05, 3.63) is 28.5 Å². The van der Waals surface area contributed by atoms with Crippen LogP contribution in [0.5, 0.6) is 0 Å². The Balaban J connectivity index is 2.55. The van der Waals surface area contributed by atoms with E-state index in [0.29, 0.717) is 5.02 Å². The normalized spacial score (nSPS) is 19.2. The number of nitrogens with zero attached hydrogens (tertiary/aromatic N) is 1. The number of rotatable bonds is 1. The summed E-state index contributed by atoms with van der Waals surface area (Å²) in [6.07, 6.45) is 5.56. The van der Waals surface area contributed by atoms with Crippen LogP contribution in [0.3, 0.4) is 0 Å². The van der Waals surface area contributed by atoms with Gasteiger partial charge in [-0.2, -0.15) is 0 Å². The van der Waals surface area contributed by atoms with Crippen LogP contribution < -0.4 is 5.73 Å². The zero-order valence-electron chi connectivity index (χ0n) is 6.97. The predicted octanol–water partition coefficient (Wildman–Crippen LogP) is 1.99. The van der Waals surface area contributed by atoms with Crippen LogP contribution >= 0.6 is 11.6 Å². The second-order valence-electron chi connectivity index (χ2n) is 3.47. The number of nitrogens with two attached hydrogens (primary N) is 1. The molecule has 2 nitrogen and oxygen atoms in total. The third-order valence-electron chi connectivity index (χ3n) is 2.38. The fourth-order valence-electron chi connectivity index (χ4n) is 1.55. The van der Waals surface area contributed by atoms with Gasteiger partial charge in [-0.3, -0.25) is 4.98 Å². The number of aryl methyl sites for hydroxylation is 1. The van der Waals surface area contributed by atoms with E-state index >= 15 is 0 Å². The molecule has 1 aliphatic rings. The van der Waals surface area contributed by atoms with E-state index < -0.39 is 0 Å². The van der Waals surface area contributed by atoms with E-state index in [1.165, 1.54) is 0 Å². The molecule has 12 heavy (non-hydrogen) atoms. The van der Waals surface area contributed by atoms with Crippen LogP contribution in [0.25, 0.3) is 0 Å². The molecule has 64 valence electrons. The van der Waals surface area contributed by atoms with Gasteiger partial charge in [-0.15, -0.1) is 0 Å². The van der Waals surface area contributed by atoms with E-state index in [-0.39, 0.29) is 5.54 Å². The predicted molar refractivity (Wildman–Crippen MR) is 49.1 cm³/mol. The third kappa shape index (κ3) is 1.11. The maximum Gasteiger partial charge on any atom is 0.0642 e. The van der Waals surface area contributed by atoms with Crippen LogP contribution in [0.15, 0.2) is 12.4 Å². The number of halogens is 1. The molecule has 1 saturated carbocycles. The molecule has 0 unspecified atom stereocenters. The second-order valence-corrected chi connectivity index (χ2v) is 3.88. The monoisotopic (exact) mass is 182 g/mol. The first-order valence-corrected chi connectivity index (χ1v) is 4.41. The van der Waals surface area contributed by atoms with E-state index in [2.05, 4.69) is 4.98 Å². The fourth-order valence-corrected chi connectivity index (χ4v) is 1.94. The molecule has 1 aromatic heterocycles. The van der Waals surface area contributed by atoms with Crippen molar-refractivity contribution in [2.75, 3.05) is 0 Å². The second kappa shape index (κ2) is 2.44. The van der Waals surface area contributed by atoms with Crippen LogP contribution in [0.1, 0.15) is 24.0 Å². The molecule has 0 radical (unpaired) electrons. The van der Waals surface area contributed by atoms with E-state index in [1.54, 1.807) is 6.20 Å². The first-order chi connectivity index (χ1) is 5.63. The molecule has 1 heterocycles. The molecule has 0 aromatic carbocycles. The average molecular weight is 183 g/mol. The molecule has 0 spiro atoms. The minimum Gasteiger partial charge on any atom is -0.321 e. The number of hydrogen-bond donors (Lipinski definition) is 1.